The lowest BCUT2D eigenvalue weighted by atomic mass is 10.1. The smallest absolute Gasteiger partial charge is 0.324 e. The fraction of sp³-hybridized carbons (Fsp3) is 0.500. The van der Waals surface area contributed by atoms with Crippen LogP contribution in [0.3, 0.4) is 0 Å². The van der Waals surface area contributed by atoms with Crippen molar-refractivity contribution in [2.45, 2.75) is 27.7 Å². The molecule has 1 aromatic rings. The van der Waals surface area contributed by atoms with Crippen LogP contribution >= 0.6 is 0 Å². The van der Waals surface area contributed by atoms with E-state index in [4.69, 9.17) is 0 Å². The van der Waals surface area contributed by atoms with Crippen LogP contribution in [0, 0.1) is 13.8 Å². The van der Waals surface area contributed by atoms with Crippen molar-refractivity contribution in [2.75, 3.05) is 25.0 Å². The maximum atomic E-state index is 12.2. The minimum Gasteiger partial charge on any atom is -0.325 e. The maximum Gasteiger partial charge on any atom is 0.324 e. The van der Waals surface area contributed by atoms with Gasteiger partial charge in [-0.05, 0) is 51.0 Å². The first-order valence-corrected chi connectivity index (χ1v) is 6.10. The first kappa shape index (κ1) is 13.6. The van der Waals surface area contributed by atoms with E-state index in [-0.39, 0.29) is 6.03 Å². The second-order valence-corrected chi connectivity index (χ2v) is 4.36. The van der Waals surface area contributed by atoms with Gasteiger partial charge in [0.2, 0.25) is 0 Å². The lowest BCUT2D eigenvalue weighted by molar-refractivity contribution is 0.211. The van der Waals surface area contributed by atoms with Crippen LogP contribution in [0.5, 0.6) is 0 Å². The van der Waals surface area contributed by atoms with E-state index in [0.717, 1.165) is 18.8 Å². The van der Waals surface area contributed by atoms with Crippen molar-refractivity contribution in [3.05, 3.63) is 29.3 Å². The normalized spacial score (nSPS) is 10.2. The predicted octanol–water partition coefficient (Wildman–Crippen LogP) is 3.20. The minimum atomic E-state index is 0.0556. The van der Waals surface area contributed by atoms with Gasteiger partial charge in [-0.3, -0.25) is 4.90 Å². The van der Waals surface area contributed by atoms with Crippen molar-refractivity contribution in [3.8, 4) is 0 Å². The number of carbonyl (C=O) groups excluding carboxylic acids is 1. The Morgan fingerprint density at radius 2 is 1.53 bits per heavy atom. The molecule has 0 unspecified atom stereocenters. The molecule has 1 aromatic carbocycles. The van der Waals surface area contributed by atoms with Crippen molar-refractivity contribution in [1.82, 2.24) is 4.90 Å². The van der Waals surface area contributed by atoms with Crippen LogP contribution in [0.4, 0.5) is 10.5 Å². The fourth-order valence-electron chi connectivity index (χ4n) is 1.96. The molecule has 0 aromatic heterocycles. The molecule has 0 radical (unpaired) electrons. The van der Waals surface area contributed by atoms with Crippen molar-refractivity contribution in [2.24, 2.45) is 0 Å². The quantitative estimate of drug-likeness (QED) is 0.787. The Morgan fingerprint density at radius 3 is 1.94 bits per heavy atom. The zero-order chi connectivity index (χ0) is 13.0. The molecule has 2 amide bonds. The van der Waals surface area contributed by atoms with E-state index < -0.39 is 0 Å². The Bertz CT molecular complexity index is 377. The van der Waals surface area contributed by atoms with Gasteiger partial charge in [-0.2, -0.15) is 0 Å². The summed E-state index contributed by atoms with van der Waals surface area (Å²) >= 11 is 0. The maximum absolute atomic E-state index is 12.2. The molecule has 0 fully saturated rings. The monoisotopic (exact) mass is 234 g/mol. The third-order valence-electron chi connectivity index (χ3n) is 2.91. The standard InChI is InChI=1S/C14H22N2O/c1-6-16(7-2)14(17)15(5)13-9-11(3)8-12(4)10-13/h8-10H,6-7H2,1-5H3. The van der Waals surface area contributed by atoms with E-state index >= 15 is 0 Å². The zero-order valence-corrected chi connectivity index (χ0v) is 11.4. The second kappa shape index (κ2) is 5.71. The van der Waals surface area contributed by atoms with Gasteiger partial charge in [0.05, 0.1) is 0 Å². The highest BCUT2D eigenvalue weighted by molar-refractivity contribution is 5.91. The van der Waals surface area contributed by atoms with E-state index in [9.17, 15) is 4.79 Å². The average Bonchev–Trinajstić information content (AvgIpc) is 2.28. The molecule has 3 heteroatoms. The summed E-state index contributed by atoms with van der Waals surface area (Å²) in [5.41, 5.74) is 3.32. The van der Waals surface area contributed by atoms with Crippen LogP contribution in [0.15, 0.2) is 18.2 Å². The molecule has 3 nitrogen and oxygen atoms in total. The van der Waals surface area contributed by atoms with Gasteiger partial charge in [0.25, 0.3) is 0 Å². The SMILES string of the molecule is CCN(CC)C(=O)N(C)c1cc(C)cc(C)c1. The van der Waals surface area contributed by atoms with Crippen LogP contribution < -0.4 is 4.90 Å². The first-order chi connectivity index (χ1) is 7.99. The van der Waals surface area contributed by atoms with Crippen molar-refractivity contribution in [3.63, 3.8) is 0 Å². The van der Waals surface area contributed by atoms with Crippen molar-refractivity contribution in [1.29, 1.82) is 0 Å². The van der Waals surface area contributed by atoms with Gasteiger partial charge in [0.15, 0.2) is 0 Å². The summed E-state index contributed by atoms with van der Waals surface area (Å²) in [6.45, 7) is 9.57. The molecular formula is C14H22N2O. The van der Waals surface area contributed by atoms with Gasteiger partial charge in [-0.15, -0.1) is 0 Å². The molecule has 0 aliphatic carbocycles. The number of amides is 2. The summed E-state index contributed by atoms with van der Waals surface area (Å²) in [5, 5.41) is 0. The summed E-state index contributed by atoms with van der Waals surface area (Å²) in [6, 6.07) is 6.24. The van der Waals surface area contributed by atoms with Crippen LogP contribution in [0.25, 0.3) is 0 Å². The fourth-order valence-corrected chi connectivity index (χ4v) is 1.96. The molecule has 17 heavy (non-hydrogen) atoms. The lowest BCUT2D eigenvalue weighted by Crippen LogP contribution is -2.41. The number of hydrogen-bond acceptors (Lipinski definition) is 1. The highest BCUT2D eigenvalue weighted by atomic mass is 16.2. The van der Waals surface area contributed by atoms with Gasteiger partial charge in [0.1, 0.15) is 0 Å². The Hall–Kier alpha value is -1.51. The summed E-state index contributed by atoms with van der Waals surface area (Å²) in [5.74, 6) is 0. The Kier molecular flexibility index (Phi) is 4.55. The van der Waals surface area contributed by atoms with Gasteiger partial charge in [-0.25, -0.2) is 4.79 Å². The minimum absolute atomic E-state index is 0.0556. The van der Waals surface area contributed by atoms with E-state index in [1.165, 1.54) is 11.1 Å². The van der Waals surface area contributed by atoms with Crippen LogP contribution in [-0.2, 0) is 0 Å². The molecule has 0 atom stereocenters. The molecule has 94 valence electrons. The number of anilines is 1. The largest absolute Gasteiger partial charge is 0.325 e. The molecule has 0 bridgehead atoms. The average molecular weight is 234 g/mol. The summed E-state index contributed by atoms with van der Waals surface area (Å²) in [7, 11) is 1.83. The molecule has 0 saturated carbocycles. The summed E-state index contributed by atoms with van der Waals surface area (Å²) < 4.78 is 0. The highest BCUT2D eigenvalue weighted by Crippen LogP contribution is 2.18. The lowest BCUT2D eigenvalue weighted by Gasteiger charge is -2.26. The van der Waals surface area contributed by atoms with Gasteiger partial charge < -0.3 is 4.90 Å². The molecule has 0 aliphatic heterocycles. The molecule has 0 spiro atoms. The Balaban J connectivity index is 2.95. The molecule has 0 N–H and O–H groups in total. The van der Waals surface area contributed by atoms with Crippen LogP contribution in [0.2, 0.25) is 0 Å². The summed E-state index contributed by atoms with van der Waals surface area (Å²) in [4.78, 5) is 15.7. The third-order valence-corrected chi connectivity index (χ3v) is 2.91. The van der Waals surface area contributed by atoms with Crippen LogP contribution in [-0.4, -0.2) is 31.1 Å². The van der Waals surface area contributed by atoms with E-state index in [0.29, 0.717) is 0 Å². The van der Waals surface area contributed by atoms with E-state index in [2.05, 4.69) is 6.07 Å². The second-order valence-electron chi connectivity index (χ2n) is 4.36. The van der Waals surface area contributed by atoms with E-state index in [1.807, 2.05) is 51.8 Å². The predicted molar refractivity (Wildman–Crippen MR) is 72.6 cm³/mol. The number of nitrogens with zero attached hydrogens (tertiary/aromatic N) is 2. The summed E-state index contributed by atoms with van der Waals surface area (Å²) in [6.07, 6.45) is 0. The number of rotatable bonds is 3. The Labute approximate surface area is 104 Å². The van der Waals surface area contributed by atoms with Crippen LogP contribution in [0.1, 0.15) is 25.0 Å². The highest BCUT2D eigenvalue weighted by Gasteiger charge is 2.16. The third kappa shape index (κ3) is 3.22. The molecular weight excluding hydrogens is 212 g/mol. The number of benzene rings is 1. The number of carbonyl (C=O) groups is 1. The number of hydrogen-bond donors (Lipinski definition) is 0. The molecule has 0 heterocycles. The topological polar surface area (TPSA) is 23.6 Å². The van der Waals surface area contributed by atoms with E-state index in [1.54, 1.807) is 4.90 Å². The zero-order valence-electron chi connectivity index (χ0n) is 11.4. The molecule has 0 saturated heterocycles. The van der Waals surface area contributed by atoms with Crippen molar-refractivity contribution >= 4 is 11.7 Å². The molecule has 1 rings (SSSR count). The number of aryl methyl sites for hydroxylation is 2. The van der Waals surface area contributed by atoms with Gasteiger partial charge in [0, 0.05) is 25.8 Å². The first-order valence-electron chi connectivity index (χ1n) is 6.10. The molecule has 0 aliphatic rings. The van der Waals surface area contributed by atoms with Gasteiger partial charge in [-0.1, -0.05) is 6.07 Å². The Morgan fingerprint density at radius 1 is 1.06 bits per heavy atom. The number of urea groups is 1. The van der Waals surface area contributed by atoms with Gasteiger partial charge >= 0.3 is 6.03 Å². The van der Waals surface area contributed by atoms with Crippen molar-refractivity contribution < 1.29 is 4.79 Å².